The van der Waals surface area contributed by atoms with Crippen LogP contribution in [0.3, 0.4) is 0 Å². The van der Waals surface area contributed by atoms with Crippen LogP contribution in [0.5, 0.6) is 0 Å². The van der Waals surface area contributed by atoms with E-state index in [1.807, 2.05) is 13.0 Å². The monoisotopic (exact) mass is 444 g/mol. The summed E-state index contributed by atoms with van der Waals surface area (Å²) in [7, 11) is 0. The van der Waals surface area contributed by atoms with Crippen molar-refractivity contribution in [3.05, 3.63) is 59.1 Å². The van der Waals surface area contributed by atoms with E-state index in [0.29, 0.717) is 12.0 Å². The molecular weight excluding hydrogens is 419 g/mol. The van der Waals surface area contributed by atoms with Crippen molar-refractivity contribution in [1.82, 2.24) is 10.4 Å². The molecule has 32 heavy (non-hydrogen) atoms. The highest BCUT2D eigenvalue weighted by Crippen LogP contribution is 2.50. The predicted molar refractivity (Wildman–Crippen MR) is 111 cm³/mol. The summed E-state index contributed by atoms with van der Waals surface area (Å²) in [5, 5.41) is 0.844. The van der Waals surface area contributed by atoms with E-state index in [0.717, 1.165) is 16.8 Å². The molecule has 1 fully saturated rings. The molecule has 1 aliphatic heterocycles. The molecule has 1 saturated heterocycles. The first-order valence-electron chi connectivity index (χ1n) is 10.4. The number of carbonyl (C=O) groups excluding carboxylic acids is 4. The average Bonchev–Trinajstić information content (AvgIpc) is 2.99. The van der Waals surface area contributed by atoms with Crippen LogP contribution in [0.25, 0.3) is 0 Å². The van der Waals surface area contributed by atoms with Gasteiger partial charge in [0.05, 0.1) is 19.4 Å². The highest BCUT2D eigenvalue weighted by molar-refractivity contribution is 6.16. The van der Waals surface area contributed by atoms with Gasteiger partial charge in [0.15, 0.2) is 5.57 Å². The highest BCUT2D eigenvalue weighted by atomic mass is 19.1. The molecule has 1 heterocycles. The van der Waals surface area contributed by atoms with Gasteiger partial charge in [0.25, 0.3) is 11.8 Å². The zero-order chi connectivity index (χ0) is 23.5. The number of hydrogen-bond donors (Lipinski definition) is 1. The topological polar surface area (TPSA) is 102 Å². The quantitative estimate of drug-likeness (QED) is 0.238. The summed E-state index contributed by atoms with van der Waals surface area (Å²) >= 11 is 0. The first-order valence-corrected chi connectivity index (χ1v) is 10.4. The fourth-order valence-corrected chi connectivity index (χ4v) is 4.04. The normalized spacial score (nSPS) is 22.3. The number of nitrogens with one attached hydrogen (secondary N) is 1. The van der Waals surface area contributed by atoms with Gasteiger partial charge in [-0.05, 0) is 51.3 Å². The summed E-state index contributed by atoms with van der Waals surface area (Å²) in [6.45, 7) is 5.07. The van der Waals surface area contributed by atoms with Gasteiger partial charge < -0.3 is 9.47 Å². The number of ether oxygens (including phenoxy) is 2. The summed E-state index contributed by atoms with van der Waals surface area (Å²) in [4.78, 5) is 51.3. The molecule has 2 atom stereocenters. The van der Waals surface area contributed by atoms with Gasteiger partial charge in [-0.25, -0.2) is 19.0 Å². The number of hydrogen-bond acceptors (Lipinski definition) is 6. The molecule has 2 aliphatic rings. The lowest BCUT2D eigenvalue weighted by atomic mass is 9.64. The van der Waals surface area contributed by atoms with Crippen LogP contribution in [0.2, 0.25) is 0 Å². The van der Waals surface area contributed by atoms with Crippen molar-refractivity contribution >= 4 is 23.8 Å². The molecule has 8 nitrogen and oxygen atoms in total. The number of hydrazine groups is 1. The number of nitrogens with zero attached hydrogens (tertiary/aromatic N) is 1. The van der Waals surface area contributed by atoms with E-state index in [1.165, 1.54) is 12.1 Å². The van der Waals surface area contributed by atoms with Gasteiger partial charge >= 0.3 is 11.9 Å². The van der Waals surface area contributed by atoms with E-state index in [9.17, 15) is 23.6 Å². The summed E-state index contributed by atoms with van der Waals surface area (Å²) in [6.07, 6.45) is 3.31. The molecule has 0 saturated carbocycles. The van der Waals surface area contributed by atoms with Gasteiger partial charge in [-0.2, -0.15) is 0 Å². The molecule has 1 aromatic carbocycles. The molecular formula is C23H25FN2O6. The summed E-state index contributed by atoms with van der Waals surface area (Å²) < 4.78 is 23.3. The number of allylic oxidation sites excluding steroid dienone is 2. The molecule has 1 aromatic rings. The van der Waals surface area contributed by atoms with Crippen LogP contribution < -0.4 is 5.43 Å². The van der Waals surface area contributed by atoms with Gasteiger partial charge in [0.2, 0.25) is 0 Å². The first kappa shape index (κ1) is 23.2. The lowest BCUT2D eigenvalue weighted by Crippen LogP contribution is -2.43. The lowest BCUT2D eigenvalue weighted by molar-refractivity contribution is -0.146. The van der Waals surface area contributed by atoms with Gasteiger partial charge in [-0.15, -0.1) is 0 Å². The largest absolute Gasteiger partial charge is 0.462 e. The van der Waals surface area contributed by atoms with Gasteiger partial charge in [-0.3, -0.25) is 15.0 Å². The molecule has 9 heteroatoms. The third kappa shape index (κ3) is 4.15. The maximum atomic E-state index is 13.5. The van der Waals surface area contributed by atoms with E-state index in [1.54, 1.807) is 26.0 Å². The summed E-state index contributed by atoms with van der Waals surface area (Å²) in [5.41, 5.74) is 2.09. The number of halogens is 1. The highest BCUT2D eigenvalue weighted by Gasteiger charge is 2.59. The smallest absolute Gasteiger partial charge is 0.347 e. The van der Waals surface area contributed by atoms with Crippen LogP contribution in [-0.2, 0) is 28.7 Å². The molecule has 2 unspecified atom stereocenters. The van der Waals surface area contributed by atoms with E-state index >= 15 is 0 Å². The Morgan fingerprint density at radius 2 is 1.75 bits per heavy atom. The van der Waals surface area contributed by atoms with Crippen LogP contribution >= 0.6 is 0 Å². The minimum Gasteiger partial charge on any atom is -0.462 e. The van der Waals surface area contributed by atoms with Crippen LogP contribution in [0.4, 0.5) is 4.39 Å². The Hall–Kier alpha value is -3.49. The summed E-state index contributed by atoms with van der Waals surface area (Å²) in [5.74, 6) is -4.10. The first-order chi connectivity index (χ1) is 15.2. The van der Waals surface area contributed by atoms with Crippen molar-refractivity contribution in [2.75, 3.05) is 13.2 Å². The van der Waals surface area contributed by atoms with Crippen molar-refractivity contribution < 1.29 is 33.0 Å². The predicted octanol–water partition coefficient (Wildman–Crippen LogP) is 2.52. The molecule has 1 aliphatic carbocycles. The number of amides is 2. The number of esters is 2. The van der Waals surface area contributed by atoms with Crippen molar-refractivity contribution in [3.8, 4) is 0 Å². The third-order valence-electron chi connectivity index (χ3n) is 5.64. The molecule has 0 radical (unpaired) electrons. The third-order valence-corrected chi connectivity index (χ3v) is 5.64. The Bertz CT molecular complexity index is 980. The molecule has 0 aromatic heterocycles. The van der Waals surface area contributed by atoms with Crippen LogP contribution in [0.1, 0.15) is 45.1 Å². The van der Waals surface area contributed by atoms with Gasteiger partial charge in [0.1, 0.15) is 11.2 Å². The number of rotatable bonds is 6. The standard InChI is InChI=1S/C23H25FN2O6/c1-4-31-19(27)17(20(28)32-5-2)13-26-22(30)23(21(29)25-26)11-10-14(3)12-18(23)15-6-8-16(24)9-7-15/h6-10,13,18H,4-5,11-12H2,1-3H3,(H,25,29). The van der Waals surface area contributed by atoms with Crippen LogP contribution in [0, 0.1) is 11.2 Å². The Balaban J connectivity index is 2.03. The minimum atomic E-state index is -1.50. The van der Waals surface area contributed by atoms with E-state index < -0.39 is 46.5 Å². The fraction of sp³-hybridized carbons (Fsp3) is 0.391. The zero-order valence-corrected chi connectivity index (χ0v) is 18.1. The average molecular weight is 444 g/mol. The van der Waals surface area contributed by atoms with Crippen molar-refractivity contribution in [3.63, 3.8) is 0 Å². The second kappa shape index (κ2) is 9.33. The molecule has 1 N–H and O–H groups in total. The SMILES string of the molecule is CCOC(=O)C(=CN1NC(=O)C2(CC=C(C)CC2c2ccc(F)cc2)C1=O)C(=O)OCC. The molecule has 0 bridgehead atoms. The van der Waals surface area contributed by atoms with E-state index in [2.05, 4.69) is 5.43 Å². The lowest BCUT2D eigenvalue weighted by Gasteiger charge is -2.36. The van der Waals surface area contributed by atoms with Crippen molar-refractivity contribution in [2.45, 2.75) is 39.5 Å². The molecule has 1 spiro atoms. The minimum absolute atomic E-state index is 0.0105. The van der Waals surface area contributed by atoms with E-state index in [-0.39, 0.29) is 19.6 Å². The van der Waals surface area contributed by atoms with Crippen LogP contribution in [0.15, 0.2) is 47.7 Å². The van der Waals surface area contributed by atoms with Gasteiger partial charge in [0, 0.05) is 5.92 Å². The molecule has 3 rings (SSSR count). The Morgan fingerprint density at radius 3 is 2.31 bits per heavy atom. The second-order valence-electron chi connectivity index (χ2n) is 7.63. The second-order valence-corrected chi connectivity index (χ2v) is 7.63. The number of carbonyl (C=O) groups is 4. The maximum Gasteiger partial charge on any atom is 0.347 e. The van der Waals surface area contributed by atoms with Crippen molar-refractivity contribution in [2.24, 2.45) is 5.41 Å². The Kier molecular flexibility index (Phi) is 6.76. The van der Waals surface area contributed by atoms with E-state index in [4.69, 9.17) is 9.47 Å². The molecule has 170 valence electrons. The zero-order valence-electron chi connectivity index (χ0n) is 18.1. The summed E-state index contributed by atoms with van der Waals surface area (Å²) in [6, 6.07) is 5.68. The van der Waals surface area contributed by atoms with Crippen LogP contribution in [-0.4, -0.2) is 42.0 Å². The molecule has 2 amide bonds. The maximum absolute atomic E-state index is 13.5. The Labute approximate surface area is 185 Å². The number of benzene rings is 1. The fourth-order valence-electron chi connectivity index (χ4n) is 4.04. The van der Waals surface area contributed by atoms with Crippen molar-refractivity contribution in [1.29, 1.82) is 0 Å². The van der Waals surface area contributed by atoms with Gasteiger partial charge in [-0.1, -0.05) is 23.8 Å². The Morgan fingerprint density at radius 1 is 1.16 bits per heavy atom.